The molecule has 0 saturated carbocycles. The SMILES string of the molecule is COc1cc(-n2nccn2)c(Cl)cc1C(C)C. The molecule has 0 spiro atoms. The van der Waals surface area contributed by atoms with Crippen LogP contribution in [-0.4, -0.2) is 22.1 Å². The molecule has 0 unspecified atom stereocenters. The maximum atomic E-state index is 6.24. The molecule has 0 atom stereocenters. The maximum absolute atomic E-state index is 6.24. The molecule has 1 aromatic heterocycles. The van der Waals surface area contributed by atoms with Crippen LogP contribution in [0.2, 0.25) is 5.02 Å². The first-order valence-electron chi connectivity index (χ1n) is 5.37. The number of hydrogen-bond donors (Lipinski definition) is 0. The van der Waals surface area contributed by atoms with Crippen molar-refractivity contribution in [3.63, 3.8) is 0 Å². The number of benzene rings is 1. The lowest BCUT2D eigenvalue weighted by molar-refractivity contribution is 0.407. The summed E-state index contributed by atoms with van der Waals surface area (Å²) in [6.45, 7) is 4.19. The number of halogens is 1. The minimum Gasteiger partial charge on any atom is -0.496 e. The van der Waals surface area contributed by atoms with Crippen LogP contribution in [-0.2, 0) is 0 Å². The first-order valence-corrected chi connectivity index (χ1v) is 5.75. The van der Waals surface area contributed by atoms with E-state index in [1.54, 1.807) is 19.5 Å². The Labute approximate surface area is 105 Å². The third-order valence-corrected chi connectivity index (χ3v) is 2.86. The molecule has 0 N–H and O–H groups in total. The predicted octanol–water partition coefficient (Wildman–Crippen LogP) is 3.05. The van der Waals surface area contributed by atoms with Crippen LogP contribution in [0, 0.1) is 0 Å². The van der Waals surface area contributed by atoms with E-state index in [9.17, 15) is 0 Å². The summed E-state index contributed by atoms with van der Waals surface area (Å²) in [4.78, 5) is 1.48. The predicted molar refractivity (Wildman–Crippen MR) is 67.0 cm³/mol. The van der Waals surface area contributed by atoms with Gasteiger partial charge in [0.1, 0.15) is 11.4 Å². The second kappa shape index (κ2) is 4.75. The maximum Gasteiger partial charge on any atom is 0.124 e. The third-order valence-electron chi connectivity index (χ3n) is 2.56. The molecule has 90 valence electrons. The number of aromatic nitrogens is 3. The summed E-state index contributed by atoms with van der Waals surface area (Å²) in [5.74, 6) is 1.15. The van der Waals surface area contributed by atoms with Gasteiger partial charge in [-0.1, -0.05) is 25.4 Å². The Morgan fingerprint density at radius 3 is 2.41 bits per heavy atom. The fourth-order valence-electron chi connectivity index (χ4n) is 1.68. The summed E-state index contributed by atoms with van der Waals surface area (Å²) in [7, 11) is 1.65. The second-order valence-electron chi connectivity index (χ2n) is 4.02. The highest BCUT2D eigenvalue weighted by atomic mass is 35.5. The molecule has 0 amide bonds. The van der Waals surface area contributed by atoms with Crippen molar-refractivity contribution in [2.24, 2.45) is 0 Å². The van der Waals surface area contributed by atoms with Crippen molar-refractivity contribution in [2.75, 3.05) is 7.11 Å². The van der Waals surface area contributed by atoms with Crippen molar-refractivity contribution >= 4 is 11.6 Å². The van der Waals surface area contributed by atoms with E-state index >= 15 is 0 Å². The van der Waals surface area contributed by atoms with Crippen molar-refractivity contribution in [2.45, 2.75) is 19.8 Å². The summed E-state index contributed by atoms with van der Waals surface area (Å²) in [5.41, 5.74) is 1.80. The molecule has 17 heavy (non-hydrogen) atoms. The zero-order valence-electron chi connectivity index (χ0n) is 10.0. The molecule has 0 saturated heterocycles. The van der Waals surface area contributed by atoms with Crippen molar-refractivity contribution < 1.29 is 4.74 Å². The number of ether oxygens (including phenoxy) is 1. The van der Waals surface area contributed by atoms with Gasteiger partial charge in [-0.25, -0.2) is 0 Å². The molecule has 0 aliphatic heterocycles. The lowest BCUT2D eigenvalue weighted by Gasteiger charge is -2.14. The molecule has 0 bridgehead atoms. The van der Waals surface area contributed by atoms with Crippen LogP contribution < -0.4 is 4.74 Å². The van der Waals surface area contributed by atoms with E-state index in [1.165, 1.54) is 4.80 Å². The van der Waals surface area contributed by atoms with Crippen LogP contribution in [0.4, 0.5) is 0 Å². The van der Waals surface area contributed by atoms with Crippen LogP contribution in [0.3, 0.4) is 0 Å². The Morgan fingerprint density at radius 2 is 1.88 bits per heavy atom. The summed E-state index contributed by atoms with van der Waals surface area (Å²) >= 11 is 6.24. The average molecular weight is 252 g/mol. The van der Waals surface area contributed by atoms with E-state index < -0.39 is 0 Å². The molecule has 2 aromatic rings. The number of nitrogens with zero attached hydrogens (tertiary/aromatic N) is 3. The molecule has 1 heterocycles. The Balaban J connectivity index is 2.56. The second-order valence-corrected chi connectivity index (χ2v) is 4.43. The molecule has 0 radical (unpaired) electrons. The Hall–Kier alpha value is -1.55. The highest BCUT2D eigenvalue weighted by Crippen LogP contribution is 2.33. The Kier molecular flexibility index (Phi) is 3.33. The van der Waals surface area contributed by atoms with Gasteiger partial charge in [-0.15, -0.1) is 4.80 Å². The van der Waals surface area contributed by atoms with Crippen LogP contribution in [0.25, 0.3) is 5.69 Å². The first-order chi connectivity index (χ1) is 8.13. The topological polar surface area (TPSA) is 39.9 Å². The van der Waals surface area contributed by atoms with E-state index in [4.69, 9.17) is 16.3 Å². The lowest BCUT2D eigenvalue weighted by atomic mass is 10.0. The van der Waals surface area contributed by atoms with Gasteiger partial charge in [-0.05, 0) is 17.5 Å². The molecular weight excluding hydrogens is 238 g/mol. The molecule has 0 aliphatic carbocycles. The molecule has 1 aromatic carbocycles. The number of rotatable bonds is 3. The zero-order chi connectivity index (χ0) is 12.4. The molecule has 2 rings (SSSR count). The summed E-state index contributed by atoms with van der Waals surface area (Å²) in [6, 6.07) is 3.77. The summed E-state index contributed by atoms with van der Waals surface area (Å²) in [5, 5.41) is 8.74. The Morgan fingerprint density at radius 1 is 1.24 bits per heavy atom. The lowest BCUT2D eigenvalue weighted by Crippen LogP contribution is -2.02. The van der Waals surface area contributed by atoms with E-state index in [0.717, 1.165) is 17.0 Å². The highest BCUT2D eigenvalue weighted by Gasteiger charge is 2.13. The van der Waals surface area contributed by atoms with Gasteiger partial charge < -0.3 is 4.74 Å². The van der Waals surface area contributed by atoms with Crippen LogP contribution >= 0.6 is 11.6 Å². The third kappa shape index (κ3) is 2.26. The van der Waals surface area contributed by atoms with E-state index in [2.05, 4.69) is 24.0 Å². The minimum absolute atomic E-state index is 0.349. The molecular formula is C12H14ClN3O. The largest absolute Gasteiger partial charge is 0.496 e. The van der Waals surface area contributed by atoms with Crippen molar-refractivity contribution in [1.82, 2.24) is 15.0 Å². The van der Waals surface area contributed by atoms with Gasteiger partial charge >= 0.3 is 0 Å². The Bertz CT molecular complexity index is 509. The monoisotopic (exact) mass is 251 g/mol. The van der Waals surface area contributed by atoms with Crippen molar-refractivity contribution in [1.29, 1.82) is 0 Å². The quantitative estimate of drug-likeness (QED) is 0.842. The normalized spacial score (nSPS) is 10.9. The standard InChI is InChI=1S/C12H14ClN3O/c1-8(2)9-6-10(13)11(7-12(9)17-3)16-14-4-5-15-16/h4-8H,1-3H3. The van der Waals surface area contributed by atoms with E-state index in [1.807, 2.05) is 12.1 Å². The smallest absolute Gasteiger partial charge is 0.124 e. The van der Waals surface area contributed by atoms with Gasteiger partial charge in [-0.3, -0.25) is 0 Å². The average Bonchev–Trinajstić information content (AvgIpc) is 2.82. The summed E-state index contributed by atoms with van der Waals surface area (Å²) in [6.07, 6.45) is 3.22. The molecule has 0 fully saturated rings. The van der Waals surface area contributed by atoms with Crippen LogP contribution in [0.1, 0.15) is 25.3 Å². The van der Waals surface area contributed by atoms with Gasteiger partial charge in [0.25, 0.3) is 0 Å². The fourth-order valence-corrected chi connectivity index (χ4v) is 1.93. The van der Waals surface area contributed by atoms with Crippen molar-refractivity contribution in [3.8, 4) is 11.4 Å². The molecule has 4 nitrogen and oxygen atoms in total. The van der Waals surface area contributed by atoms with Gasteiger partial charge in [0.2, 0.25) is 0 Å². The summed E-state index contributed by atoms with van der Waals surface area (Å²) < 4.78 is 5.37. The molecule has 5 heteroatoms. The highest BCUT2D eigenvalue weighted by molar-refractivity contribution is 6.32. The first kappa shape index (κ1) is 11.9. The van der Waals surface area contributed by atoms with Crippen molar-refractivity contribution in [3.05, 3.63) is 35.1 Å². The van der Waals surface area contributed by atoms with Gasteiger partial charge in [-0.2, -0.15) is 10.2 Å². The van der Waals surface area contributed by atoms with E-state index in [-0.39, 0.29) is 0 Å². The fraction of sp³-hybridized carbons (Fsp3) is 0.333. The number of methoxy groups -OCH3 is 1. The van der Waals surface area contributed by atoms with Gasteiger partial charge in [0.15, 0.2) is 0 Å². The van der Waals surface area contributed by atoms with Gasteiger partial charge in [0, 0.05) is 6.07 Å². The van der Waals surface area contributed by atoms with E-state index in [0.29, 0.717) is 10.9 Å². The number of hydrogen-bond acceptors (Lipinski definition) is 3. The molecule has 0 aliphatic rings. The van der Waals surface area contributed by atoms with Gasteiger partial charge in [0.05, 0.1) is 24.5 Å². The minimum atomic E-state index is 0.349. The zero-order valence-corrected chi connectivity index (χ0v) is 10.8. The van der Waals surface area contributed by atoms with Crippen LogP contribution in [0.5, 0.6) is 5.75 Å². The van der Waals surface area contributed by atoms with Crippen LogP contribution in [0.15, 0.2) is 24.5 Å².